The Hall–Kier alpha value is -1.68. The lowest BCUT2D eigenvalue weighted by Gasteiger charge is -2.04. The number of nitrogens with one attached hydrogen (secondary N) is 1. The van der Waals surface area contributed by atoms with Gasteiger partial charge in [-0.25, -0.2) is 4.98 Å². The number of carbonyl (C=O) groups excluding carboxylic acids is 1. The number of hydrogen-bond acceptors (Lipinski definition) is 3. The van der Waals surface area contributed by atoms with Crippen molar-refractivity contribution in [2.24, 2.45) is 0 Å². The fraction of sp³-hybridized carbons (Fsp3) is 0.0909. The largest absolute Gasteiger partial charge is 0.306 e. The summed E-state index contributed by atoms with van der Waals surface area (Å²) in [5.41, 5.74) is 0.961. The molecule has 0 bridgehead atoms. The topological polar surface area (TPSA) is 42.0 Å². The molecule has 0 saturated heterocycles. The maximum atomic E-state index is 11.7. The zero-order chi connectivity index (χ0) is 10.7. The summed E-state index contributed by atoms with van der Waals surface area (Å²) >= 11 is 1.42. The normalized spacial score (nSPS) is 9.93. The van der Waals surface area contributed by atoms with Gasteiger partial charge >= 0.3 is 0 Å². The quantitative estimate of drug-likeness (QED) is 0.842. The SMILES string of the molecule is Cc1cccnc1NC(=O)c1cccs1. The number of amides is 1. The van der Waals surface area contributed by atoms with Crippen molar-refractivity contribution >= 4 is 23.1 Å². The average molecular weight is 218 g/mol. The van der Waals surface area contributed by atoms with Gasteiger partial charge in [0.2, 0.25) is 0 Å². The third-order valence-electron chi connectivity index (χ3n) is 1.99. The van der Waals surface area contributed by atoms with Crippen molar-refractivity contribution in [1.29, 1.82) is 0 Å². The van der Waals surface area contributed by atoms with Crippen LogP contribution in [0.25, 0.3) is 0 Å². The Morgan fingerprint density at radius 3 is 2.93 bits per heavy atom. The molecule has 76 valence electrons. The van der Waals surface area contributed by atoms with Gasteiger partial charge in [0.1, 0.15) is 5.82 Å². The van der Waals surface area contributed by atoms with E-state index in [9.17, 15) is 4.79 Å². The first-order valence-corrected chi connectivity index (χ1v) is 5.42. The number of thiophene rings is 1. The summed E-state index contributed by atoms with van der Waals surface area (Å²) in [6, 6.07) is 7.40. The number of hydrogen-bond donors (Lipinski definition) is 1. The van der Waals surface area contributed by atoms with E-state index in [2.05, 4.69) is 10.3 Å². The van der Waals surface area contributed by atoms with E-state index in [1.807, 2.05) is 30.5 Å². The number of aromatic nitrogens is 1. The molecule has 0 spiro atoms. The minimum Gasteiger partial charge on any atom is -0.306 e. The fourth-order valence-electron chi connectivity index (χ4n) is 1.19. The lowest BCUT2D eigenvalue weighted by atomic mass is 10.3. The minimum absolute atomic E-state index is 0.105. The van der Waals surface area contributed by atoms with Gasteiger partial charge in [-0.2, -0.15) is 0 Å². The number of aryl methyl sites for hydroxylation is 1. The van der Waals surface area contributed by atoms with Crippen LogP contribution in [0.5, 0.6) is 0 Å². The predicted molar refractivity (Wildman–Crippen MR) is 61.2 cm³/mol. The van der Waals surface area contributed by atoms with E-state index in [1.54, 1.807) is 12.3 Å². The van der Waals surface area contributed by atoms with E-state index in [-0.39, 0.29) is 5.91 Å². The van der Waals surface area contributed by atoms with Crippen molar-refractivity contribution in [1.82, 2.24) is 4.98 Å². The smallest absolute Gasteiger partial charge is 0.266 e. The molecule has 3 nitrogen and oxygen atoms in total. The van der Waals surface area contributed by atoms with Crippen LogP contribution in [-0.2, 0) is 0 Å². The molecule has 4 heteroatoms. The first kappa shape index (κ1) is 9.86. The summed E-state index contributed by atoms with van der Waals surface area (Å²) in [5.74, 6) is 0.516. The van der Waals surface area contributed by atoms with Gasteiger partial charge in [-0.3, -0.25) is 4.79 Å². The molecule has 2 rings (SSSR count). The second kappa shape index (κ2) is 4.23. The highest BCUT2D eigenvalue weighted by Gasteiger charge is 2.08. The number of anilines is 1. The van der Waals surface area contributed by atoms with E-state index in [4.69, 9.17) is 0 Å². The number of rotatable bonds is 2. The van der Waals surface area contributed by atoms with Crippen molar-refractivity contribution in [2.45, 2.75) is 6.92 Å². The standard InChI is InChI=1S/C11H10N2OS/c1-8-4-2-6-12-10(8)13-11(14)9-5-3-7-15-9/h2-7H,1H3,(H,12,13,14). The highest BCUT2D eigenvalue weighted by atomic mass is 32.1. The highest BCUT2D eigenvalue weighted by Crippen LogP contribution is 2.13. The van der Waals surface area contributed by atoms with Crippen LogP contribution in [-0.4, -0.2) is 10.9 Å². The van der Waals surface area contributed by atoms with Crippen LogP contribution in [0.3, 0.4) is 0 Å². The maximum absolute atomic E-state index is 11.7. The monoisotopic (exact) mass is 218 g/mol. The molecule has 0 saturated carbocycles. The van der Waals surface area contributed by atoms with E-state index >= 15 is 0 Å². The molecule has 2 heterocycles. The summed E-state index contributed by atoms with van der Waals surface area (Å²) < 4.78 is 0. The summed E-state index contributed by atoms with van der Waals surface area (Å²) in [7, 11) is 0. The van der Waals surface area contributed by atoms with Crippen LogP contribution >= 0.6 is 11.3 Å². The van der Waals surface area contributed by atoms with Gasteiger partial charge in [-0.15, -0.1) is 11.3 Å². The third-order valence-corrected chi connectivity index (χ3v) is 2.85. The van der Waals surface area contributed by atoms with E-state index < -0.39 is 0 Å². The number of pyridine rings is 1. The second-order valence-corrected chi connectivity index (χ2v) is 4.05. The zero-order valence-electron chi connectivity index (χ0n) is 8.23. The van der Waals surface area contributed by atoms with Crippen LogP contribution in [0.2, 0.25) is 0 Å². The molecule has 2 aromatic rings. The molecular formula is C11H10N2OS. The summed E-state index contributed by atoms with van der Waals surface area (Å²) in [4.78, 5) is 16.5. The summed E-state index contributed by atoms with van der Waals surface area (Å²) in [5, 5.41) is 4.65. The van der Waals surface area contributed by atoms with Gasteiger partial charge in [0.25, 0.3) is 5.91 Å². The Labute approximate surface area is 91.8 Å². The minimum atomic E-state index is -0.105. The molecule has 0 aliphatic rings. The molecule has 15 heavy (non-hydrogen) atoms. The van der Waals surface area contributed by atoms with Gasteiger partial charge in [0, 0.05) is 6.20 Å². The number of carbonyl (C=O) groups is 1. The Bertz CT molecular complexity index is 465. The molecule has 0 aliphatic carbocycles. The number of nitrogens with zero attached hydrogens (tertiary/aromatic N) is 1. The maximum Gasteiger partial charge on any atom is 0.266 e. The molecule has 0 radical (unpaired) electrons. The third kappa shape index (κ3) is 2.22. The van der Waals surface area contributed by atoms with Gasteiger partial charge in [-0.1, -0.05) is 12.1 Å². The first-order valence-electron chi connectivity index (χ1n) is 4.54. The van der Waals surface area contributed by atoms with Crippen LogP contribution in [0.15, 0.2) is 35.8 Å². The average Bonchev–Trinajstić information content (AvgIpc) is 2.74. The molecule has 1 amide bonds. The lowest BCUT2D eigenvalue weighted by molar-refractivity contribution is 0.103. The summed E-state index contributed by atoms with van der Waals surface area (Å²) in [6.45, 7) is 1.91. The first-order chi connectivity index (χ1) is 7.27. The Morgan fingerprint density at radius 2 is 2.27 bits per heavy atom. The van der Waals surface area contributed by atoms with Crippen molar-refractivity contribution in [2.75, 3.05) is 5.32 Å². The molecule has 0 aromatic carbocycles. The lowest BCUT2D eigenvalue weighted by Crippen LogP contribution is -2.12. The van der Waals surface area contributed by atoms with Crippen LogP contribution < -0.4 is 5.32 Å². The Balaban J connectivity index is 2.17. The van der Waals surface area contributed by atoms with Crippen LogP contribution in [0, 0.1) is 6.92 Å². The van der Waals surface area contributed by atoms with Gasteiger partial charge in [0.15, 0.2) is 0 Å². The predicted octanol–water partition coefficient (Wildman–Crippen LogP) is 2.70. The van der Waals surface area contributed by atoms with Crippen molar-refractivity contribution in [3.63, 3.8) is 0 Å². The van der Waals surface area contributed by atoms with Crippen LogP contribution in [0.4, 0.5) is 5.82 Å². The van der Waals surface area contributed by atoms with Gasteiger partial charge in [0.05, 0.1) is 4.88 Å². The Morgan fingerprint density at radius 1 is 1.40 bits per heavy atom. The fourth-order valence-corrected chi connectivity index (χ4v) is 1.81. The van der Waals surface area contributed by atoms with Gasteiger partial charge in [-0.05, 0) is 30.0 Å². The van der Waals surface area contributed by atoms with Crippen LogP contribution in [0.1, 0.15) is 15.2 Å². The van der Waals surface area contributed by atoms with Gasteiger partial charge < -0.3 is 5.32 Å². The highest BCUT2D eigenvalue weighted by molar-refractivity contribution is 7.12. The van der Waals surface area contributed by atoms with E-state index in [0.29, 0.717) is 10.7 Å². The zero-order valence-corrected chi connectivity index (χ0v) is 9.04. The van der Waals surface area contributed by atoms with Crippen molar-refractivity contribution in [3.05, 3.63) is 46.3 Å². The Kier molecular flexibility index (Phi) is 2.78. The molecule has 1 N–H and O–H groups in total. The molecule has 2 aromatic heterocycles. The molecule has 0 fully saturated rings. The molecule has 0 atom stereocenters. The van der Waals surface area contributed by atoms with E-state index in [1.165, 1.54) is 11.3 Å². The molecular weight excluding hydrogens is 208 g/mol. The molecule has 0 unspecified atom stereocenters. The summed E-state index contributed by atoms with van der Waals surface area (Å²) in [6.07, 6.45) is 1.66. The van der Waals surface area contributed by atoms with Crippen molar-refractivity contribution in [3.8, 4) is 0 Å². The second-order valence-electron chi connectivity index (χ2n) is 3.10. The molecule has 0 aliphatic heterocycles. The van der Waals surface area contributed by atoms with Crippen molar-refractivity contribution < 1.29 is 4.79 Å². The van der Waals surface area contributed by atoms with E-state index in [0.717, 1.165) is 5.56 Å².